The molecule has 0 heterocycles. The molecule has 10 heteroatoms. The minimum atomic E-state index is -3.90. The summed E-state index contributed by atoms with van der Waals surface area (Å²) in [6, 6.07) is 10.7. The Kier molecular flexibility index (Phi) is 8.28. The van der Waals surface area contributed by atoms with Crippen LogP contribution in [0, 0.1) is 5.92 Å². The molecule has 1 aliphatic carbocycles. The maximum absolute atomic E-state index is 13.9. The normalized spacial score (nSPS) is 19.4. The lowest BCUT2D eigenvalue weighted by Gasteiger charge is -2.38. The first kappa shape index (κ1) is 26.5. The summed E-state index contributed by atoms with van der Waals surface area (Å²) >= 11 is 0. The van der Waals surface area contributed by atoms with E-state index in [1.165, 1.54) is 38.4 Å². The standard InChI is InChI=1S/C24H34N2O6S2/c1-18-8-6-7-9-22(18)26(17-19-10-15-23(31-4)24(16-19)32-5)34(29,30)21-13-11-20(12-14-21)33(27,28)25(2)3/h10-16,18,22H,6-9,17H2,1-5H3/t18-,22-/m1/s1. The van der Waals surface area contributed by atoms with Crippen LogP contribution in [0.5, 0.6) is 11.5 Å². The zero-order valence-corrected chi connectivity index (χ0v) is 22.0. The minimum Gasteiger partial charge on any atom is -0.493 e. The molecule has 1 aliphatic rings. The van der Waals surface area contributed by atoms with Crippen LogP contribution in [-0.2, 0) is 26.6 Å². The predicted octanol–water partition coefficient (Wildman–Crippen LogP) is 3.72. The fourth-order valence-corrected chi connectivity index (χ4v) is 7.03. The van der Waals surface area contributed by atoms with Crippen LogP contribution in [0.25, 0.3) is 0 Å². The quantitative estimate of drug-likeness (QED) is 0.510. The van der Waals surface area contributed by atoms with Gasteiger partial charge in [-0.2, -0.15) is 4.31 Å². The molecular formula is C24H34N2O6S2. The van der Waals surface area contributed by atoms with E-state index in [4.69, 9.17) is 9.47 Å². The number of nitrogens with zero attached hydrogens (tertiary/aromatic N) is 2. The molecule has 0 unspecified atom stereocenters. The van der Waals surface area contributed by atoms with Gasteiger partial charge in [-0.15, -0.1) is 0 Å². The van der Waals surface area contributed by atoms with Crippen molar-refractivity contribution in [3.8, 4) is 11.5 Å². The molecular weight excluding hydrogens is 476 g/mol. The molecule has 0 spiro atoms. The number of hydrogen-bond donors (Lipinski definition) is 0. The Morgan fingerprint density at radius 2 is 1.38 bits per heavy atom. The van der Waals surface area contributed by atoms with E-state index in [1.54, 1.807) is 30.7 Å². The van der Waals surface area contributed by atoms with Gasteiger partial charge < -0.3 is 9.47 Å². The van der Waals surface area contributed by atoms with Crippen LogP contribution in [0.1, 0.15) is 38.2 Å². The molecule has 8 nitrogen and oxygen atoms in total. The molecule has 0 saturated heterocycles. The lowest BCUT2D eigenvalue weighted by Crippen LogP contribution is -2.44. The SMILES string of the molecule is COc1ccc(CN([C@@H]2CCCC[C@H]2C)S(=O)(=O)c2ccc(S(=O)(=O)N(C)C)cc2)cc1OC. The topological polar surface area (TPSA) is 93.2 Å². The summed E-state index contributed by atoms with van der Waals surface area (Å²) in [5.41, 5.74) is 0.783. The van der Waals surface area contributed by atoms with E-state index in [9.17, 15) is 16.8 Å². The second kappa shape index (κ2) is 10.6. The summed E-state index contributed by atoms with van der Waals surface area (Å²) in [6.45, 7) is 2.27. The van der Waals surface area contributed by atoms with E-state index in [1.807, 2.05) is 6.07 Å². The second-order valence-corrected chi connectivity index (χ2v) is 12.9. The molecule has 0 aromatic heterocycles. The van der Waals surface area contributed by atoms with E-state index in [2.05, 4.69) is 6.92 Å². The van der Waals surface area contributed by atoms with Crippen molar-refractivity contribution in [3.05, 3.63) is 48.0 Å². The average Bonchev–Trinajstić information content (AvgIpc) is 2.82. The Bertz CT molecular complexity index is 1190. The third-order valence-electron chi connectivity index (χ3n) is 6.43. The third kappa shape index (κ3) is 5.40. The first-order chi connectivity index (χ1) is 16.0. The van der Waals surface area contributed by atoms with Gasteiger partial charge in [0.2, 0.25) is 20.0 Å². The highest BCUT2D eigenvalue weighted by Gasteiger charge is 2.36. The fourth-order valence-electron chi connectivity index (χ4n) is 4.39. The van der Waals surface area contributed by atoms with Crippen LogP contribution in [0.2, 0.25) is 0 Å². The Balaban J connectivity index is 2.02. The van der Waals surface area contributed by atoms with Gasteiger partial charge in [0.1, 0.15) is 0 Å². The van der Waals surface area contributed by atoms with E-state index >= 15 is 0 Å². The molecule has 1 saturated carbocycles. The van der Waals surface area contributed by atoms with E-state index < -0.39 is 20.0 Å². The largest absolute Gasteiger partial charge is 0.493 e. The average molecular weight is 511 g/mol. The van der Waals surface area contributed by atoms with Crippen LogP contribution in [0.15, 0.2) is 52.3 Å². The maximum Gasteiger partial charge on any atom is 0.243 e. The lowest BCUT2D eigenvalue weighted by molar-refractivity contribution is 0.185. The third-order valence-corrected chi connectivity index (χ3v) is 10.1. The van der Waals surface area contributed by atoms with E-state index in [0.29, 0.717) is 11.5 Å². The van der Waals surface area contributed by atoms with Gasteiger partial charge >= 0.3 is 0 Å². The number of benzene rings is 2. The number of sulfonamides is 2. The molecule has 0 N–H and O–H groups in total. The maximum atomic E-state index is 13.9. The van der Waals surface area contributed by atoms with Crippen molar-refractivity contribution in [2.75, 3.05) is 28.3 Å². The van der Waals surface area contributed by atoms with Crippen LogP contribution in [0.4, 0.5) is 0 Å². The van der Waals surface area contributed by atoms with Gasteiger partial charge in [0, 0.05) is 26.7 Å². The number of hydrogen-bond acceptors (Lipinski definition) is 6. The molecule has 34 heavy (non-hydrogen) atoms. The summed E-state index contributed by atoms with van der Waals surface area (Å²) in [5.74, 6) is 1.31. The first-order valence-corrected chi connectivity index (χ1v) is 14.2. The Hall–Kier alpha value is -2.14. The number of methoxy groups -OCH3 is 2. The Morgan fingerprint density at radius 3 is 1.91 bits per heavy atom. The minimum absolute atomic E-state index is 0.0499. The predicted molar refractivity (Wildman–Crippen MR) is 131 cm³/mol. The Labute approximate surface area is 203 Å². The summed E-state index contributed by atoms with van der Waals surface area (Å²) < 4.78 is 65.9. The smallest absolute Gasteiger partial charge is 0.243 e. The van der Waals surface area contributed by atoms with Gasteiger partial charge in [-0.3, -0.25) is 0 Å². The summed E-state index contributed by atoms with van der Waals surface area (Å²) in [4.78, 5) is 0.123. The van der Waals surface area contributed by atoms with E-state index in [0.717, 1.165) is 35.6 Å². The van der Waals surface area contributed by atoms with Gasteiger partial charge in [-0.05, 0) is 60.7 Å². The summed E-state index contributed by atoms with van der Waals surface area (Å²) in [7, 11) is -1.57. The van der Waals surface area contributed by atoms with Gasteiger partial charge in [0.15, 0.2) is 11.5 Å². The van der Waals surface area contributed by atoms with Crippen molar-refractivity contribution >= 4 is 20.0 Å². The summed E-state index contributed by atoms with van der Waals surface area (Å²) in [5, 5.41) is 0. The number of ether oxygens (including phenoxy) is 2. The highest BCUT2D eigenvalue weighted by Crippen LogP contribution is 2.35. The summed E-state index contributed by atoms with van der Waals surface area (Å²) in [6.07, 6.45) is 3.79. The molecule has 0 aliphatic heterocycles. The van der Waals surface area contributed by atoms with Crippen LogP contribution in [-0.4, -0.2) is 59.8 Å². The van der Waals surface area contributed by atoms with Gasteiger partial charge in [-0.25, -0.2) is 21.1 Å². The molecule has 0 bridgehead atoms. The molecule has 2 atom stereocenters. The molecule has 0 amide bonds. The van der Waals surface area contributed by atoms with Crippen LogP contribution < -0.4 is 9.47 Å². The zero-order valence-electron chi connectivity index (χ0n) is 20.4. The second-order valence-electron chi connectivity index (χ2n) is 8.83. The van der Waals surface area contributed by atoms with Crippen molar-refractivity contribution < 1.29 is 26.3 Å². The van der Waals surface area contributed by atoms with Crippen LogP contribution >= 0.6 is 0 Å². The van der Waals surface area contributed by atoms with E-state index in [-0.39, 0.29) is 28.3 Å². The van der Waals surface area contributed by atoms with Crippen molar-refractivity contribution in [1.82, 2.24) is 8.61 Å². The van der Waals surface area contributed by atoms with Crippen molar-refractivity contribution in [2.24, 2.45) is 5.92 Å². The first-order valence-electron chi connectivity index (χ1n) is 11.3. The van der Waals surface area contributed by atoms with Gasteiger partial charge in [0.05, 0.1) is 24.0 Å². The molecule has 0 radical (unpaired) electrons. The van der Waals surface area contributed by atoms with Gasteiger partial charge in [0.25, 0.3) is 0 Å². The molecule has 1 fully saturated rings. The van der Waals surface area contributed by atoms with Crippen molar-refractivity contribution in [2.45, 2.75) is 55.0 Å². The highest BCUT2D eigenvalue weighted by atomic mass is 32.2. The van der Waals surface area contributed by atoms with Gasteiger partial charge in [-0.1, -0.05) is 25.8 Å². The van der Waals surface area contributed by atoms with Crippen LogP contribution in [0.3, 0.4) is 0 Å². The number of rotatable bonds is 9. The lowest BCUT2D eigenvalue weighted by atomic mass is 9.86. The monoisotopic (exact) mass is 510 g/mol. The van der Waals surface area contributed by atoms with Crippen molar-refractivity contribution in [3.63, 3.8) is 0 Å². The molecule has 2 aromatic carbocycles. The Morgan fingerprint density at radius 1 is 0.824 bits per heavy atom. The molecule has 3 rings (SSSR count). The van der Waals surface area contributed by atoms with Crippen molar-refractivity contribution in [1.29, 1.82) is 0 Å². The molecule has 2 aromatic rings. The zero-order chi connectivity index (χ0) is 25.1. The molecule has 188 valence electrons. The highest BCUT2D eigenvalue weighted by molar-refractivity contribution is 7.89. The fraction of sp³-hybridized carbons (Fsp3) is 0.500.